The average Bonchev–Trinajstić information content (AvgIpc) is 3.43. The Balaban J connectivity index is 1.47. The fourth-order valence-corrected chi connectivity index (χ4v) is 3.76. The zero-order valence-corrected chi connectivity index (χ0v) is 17.2. The minimum Gasteiger partial charge on any atom is -0.339 e. The first kappa shape index (κ1) is 18.3. The Labute approximate surface area is 177 Å². The van der Waals surface area contributed by atoms with E-state index in [-0.39, 0.29) is 0 Å². The lowest BCUT2D eigenvalue weighted by atomic mass is 10.1. The van der Waals surface area contributed by atoms with Crippen molar-refractivity contribution in [2.45, 2.75) is 0 Å². The Hall–Kier alpha value is -3.78. The lowest BCUT2D eigenvalue weighted by Crippen LogP contribution is -2.09. The number of hydrogen-bond acceptors (Lipinski definition) is 5. The fourth-order valence-electron chi connectivity index (χ4n) is 3.54. The monoisotopic (exact) mass is 418 g/mol. The highest BCUT2D eigenvalue weighted by Crippen LogP contribution is 2.32. The molecule has 0 saturated carbocycles. The molecule has 0 fully saturated rings. The van der Waals surface area contributed by atoms with Crippen molar-refractivity contribution in [3.05, 3.63) is 66.2 Å². The molecule has 0 saturated heterocycles. The number of nitrogens with one attached hydrogen (secondary N) is 1. The van der Waals surface area contributed by atoms with Gasteiger partial charge in [-0.15, -0.1) is 0 Å². The summed E-state index contributed by atoms with van der Waals surface area (Å²) in [6, 6.07) is 11.7. The van der Waals surface area contributed by atoms with Gasteiger partial charge in [-0.25, -0.2) is 4.98 Å². The third kappa shape index (κ3) is 3.07. The van der Waals surface area contributed by atoms with E-state index in [1.165, 1.54) is 0 Å². The number of nitrogens with zero attached hydrogens (tertiary/aromatic N) is 6. The number of halogens is 1. The standard InChI is InChI=1S/C21H19ClN8/c1-28-12-15(11-26-28)19-8-14-10-24-21(9-20(14)30(19)23)27-17-4-3-13(7-16(17)22)18-5-6-25-29(18)2/h3-12H,23H2,1-2H3,(H,24,27). The van der Waals surface area contributed by atoms with Crippen LogP contribution in [0.4, 0.5) is 11.5 Å². The summed E-state index contributed by atoms with van der Waals surface area (Å²) in [6.45, 7) is 0. The van der Waals surface area contributed by atoms with Crippen LogP contribution in [-0.4, -0.2) is 29.2 Å². The summed E-state index contributed by atoms with van der Waals surface area (Å²) in [5.74, 6) is 7.00. The number of benzene rings is 1. The molecule has 1 aromatic carbocycles. The van der Waals surface area contributed by atoms with Crippen LogP contribution < -0.4 is 11.2 Å². The molecule has 0 spiro atoms. The molecule has 0 amide bonds. The molecule has 0 radical (unpaired) electrons. The Morgan fingerprint density at radius 1 is 0.967 bits per heavy atom. The maximum absolute atomic E-state index is 6.53. The molecule has 0 atom stereocenters. The molecule has 5 aromatic rings. The van der Waals surface area contributed by atoms with Gasteiger partial charge in [-0.05, 0) is 24.3 Å². The highest BCUT2D eigenvalue weighted by atomic mass is 35.5. The van der Waals surface area contributed by atoms with Crippen molar-refractivity contribution in [2.24, 2.45) is 14.1 Å². The summed E-state index contributed by atoms with van der Waals surface area (Å²) in [5, 5.41) is 13.2. The highest BCUT2D eigenvalue weighted by molar-refractivity contribution is 6.33. The summed E-state index contributed by atoms with van der Waals surface area (Å²) < 4.78 is 5.20. The van der Waals surface area contributed by atoms with E-state index in [0.717, 1.165) is 39.1 Å². The van der Waals surface area contributed by atoms with E-state index in [1.54, 1.807) is 27.9 Å². The van der Waals surface area contributed by atoms with Crippen LogP contribution in [0.2, 0.25) is 5.02 Å². The predicted molar refractivity (Wildman–Crippen MR) is 119 cm³/mol. The highest BCUT2D eigenvalue weighted by Gasteiger charge is 2.13. The van der Waals surface area contributed by atoms with Gasteiger partial charge in [0.15, 0.2) is 0 Å². The van der Waals surface area contributed by atoms with Crippen molar-refractivity contribution >= 4 is 34.0 Å². The summed E-state index contributed by atoms with van der Waals surface area (Å²) in [6.07, 6.45) is 7.26. The van der Waals surface area contributed by atoms with Crippen LogP contribution in [0, 0.1) is 0 Å². The summed E-state index contributed by atoms with van der Waals surface area (Å²) in [5.41, 5.74) is 5.42. The molecular formula is C21H19ClN8. The smallest absolute Gasteiger partial charge is 0.132 e. The SMILES string of the molecule is Cn1cc(-c2cc3cnc(Nc4ccc(-c5ccnn5C)cc4Cl)cc3n2N)cn1. The van der Waals surface area contributed by atoms with E-state index < -0.39 is 0 Å². The molecule has 0 aliphatic heterocycles. The van der Waals surface area contributed by atoms with Crippen LogP contribution in [0.15, 0.2) is 61.2 Å². The van der Waals surface area contributed by atoms with E-state index in [9.17, 15) is 0 Å². The number of nitrogens with two attached hydrogens (primary N) is 1. The lowest BCUT2D eigenvalue weighted by Gasteiger charge is -2.10. The number of anilines is 2. The second kappa shape index (κ2) is 6.93. The minimum atomic E-state index is 0.592. The first-order valence-corrected chi connectivity index (χ1v) is 9.68. The van der Waals surface area contributed by atoms with E-state index in [2.05, 4.69) is 20.5 Å². The van der Waals surface area contributed by atoms with Crippen LogP contribution in [-0.2, 0) is 14.1 Å². The molecule has 9 heteroatoms. The topological polar surface area (TPSA) is 91.5 Å². The third-order valence-electron chi connectivity index (χ3n) is 5.07. The zero-order valence-electron chi connectivity index (χ0n) is 16.4. The third-order valence-corrected chi connectivity index (χ3v) is 5.39. The van der Waals surface area contributed by atoms with Gasteiger partial charge in [0.05, 0.1) is 33.8 Å². The number of hydrogen-bond donors (Lipinski definition) is 2. The quantitative estimate of drug-likeness (QED) is 0.431. The van der Waals surface area contributed by atoms with Crippen LogP contribution in [0.1, 0.15) is 0 Å². The van der Waals surface area contributed by atoms with Gasteiger partial charge in [0.25, 0.3) is 0 Å². The van der Waals surface area contributed by atoms with Gasteiger partial charge in [-0.3, -0.25) is 14.0 Å². The van der Waals surface area contributed by atoms with E-state index in [0.29, 0.717) is 10.8 Å². The normalized spacial score (nSPS) is 11.3. The van der Waals surface area contributed by atoms with Crippen LogP contribution in [0.25, 0.3) is 33.4 Å². The maximum Gasteiger partial charge on any atom is 0.132 e. The van der Waals surface area contributed by atoms with E-state index in [4.69, 9.17) is 17.4 Å². The summed E-state index contributed by atoms with van der Waals surface area (Å²) in [7, 11) is 3.77. The van der Waals surface area contributed by atoms with Gasteiger partial charge >= 0.3 is 0 Å². The Kier molecular flexibility index (Phi) is 4.22. The molecule has 5 rings (SSSR count). The van der Waals surface area contributed by atoms with Gasteiger partial charge in [0.1, 0.15) is 5.82 Å². The minimum absolute atomic E-state index is 0.592. The molecule has 3 N–H and O–H groups in total. The molecule has 0 bridgehead atoms. The molecule has 0 aliphatic rings. The first-order chi connectivity index (χ1) is 14.5. The van der Waals surface area contributed by atoms with Crippen LogP contribution in [0.3, 0.4) is 0 Å². The number of nitrogen functional groups attached to an aromatic ring is 1. The maximum atomic E-state index is 6.53. The molecule has 0 aliphatic carbocycles. The Morgan fingerprint density at radius 2 is 1.83 bits per heavy atom. The molecule has 4 aromatic heterocycles. The largest absolute Gasteiger partial charge is 0.339 e. The number of fused-ring (bicyclic) bond motifs is 1. The predicted octanol–water partition coefficient (Wildman–Crippen LogP) is 3.95. The van der Waals surface area contributed by atoms with Gasteiger partial charge < -0.3 is 11.2 Å². The molecule has 150 valence electrons. The Bertz CT molecular complexity index is 1380. The molecule has 30 heavy (non-hydrogen) atoms. The number of aromatic nitrogens is 6. The first-order valence-electron chi connectivity index (χ1n) is 9.30. The molecule has 8 nitrogen and oxygen atoms in total. The zero-order chi connectivity index (χ0) is 20.8. The molecule has 0 unspecified atom stereocenters. The van der Waals surface area contributed by atoms with Gasteiger partial charge in [0, 0.05) is 55.3 Å². The van der Waals surface area contributed by atoms with Crippen LogP contribution in [0.5, 0.6) is 0 Å². The fraction of sp³-hybridized carbons (Fsp3) is 0.0952. The summed E-state index contributed by atoms with van der Waals surface area (Å²) in [4.78, 5) is 4.51. The molecule has 4 heterocycles. The average molecular weight is 419 g/mol. The van der Waals surface area contributed by atoms with E-state index in [1.807, 2.05) is 61.4 Å². The van der Waals surface area contributed by atoms with Crippen molar-refractivity contribution in [2.75, 3.05) is 11.2 Å². The number of rotatable bonds is 4. The van der Waals surface area contributed by atoms with Gasteiger partial charge in [-0.2, -0.15) is 10.2 Å². The van der Waals surface area contributed by atoms with Crippen molar-refractivity contribution < 1.29 is 0 Å². The van der Waals surface area contributed by atoms with Crippen molar-refractivity contribution in [1.82, 2.24) is 29.2 Å². The number of pyridine rings is 1. The van der Waals surface area contributed by atoms with Crippen LogP contribution >= 0.6 is 11.6 Å². The van der Waals surface area contributed by atoms with Gasteiger partial charge in [-0.1, -0.05) is 17.7 Å². The lowest BCUT2D eigenvalue weighted by molar-refractivity contribution is 0.768. The summed E-state index contributed by atoms with van der Waals surface area (Å²) >= 11 is 6.53. The van der Waals surface area contributed by atoms with Crippen molar-refractivity contribution in [3.63, 3.8) is 0 Å². The Morgan fingerprint density at radius 3 is 2.53 bits per heavy atom. The second-order valence-corrected chi connectivity index (χ2v) is 7.50. The van der Waals surface area contributed by atoms with E-state index >= 15 is 0 Å². The van der Waals surface area contributed by atoms with Crippen molar-refractivity contribution in [1.29, 1.82) is 0 Å². The second-order valence-electron chi connectivity index (χ2n) is 7.09. The van der Waals surface area contributed by atoms with Crippen molar-refractivity contribution in [3.8, 4) is 22.5 Å². The van der Waals surface area contributed by atoms with Gasteiger partial charge in [0.2, 0.25) is 0 Å². The molecular weight excluding hydrogens is 400 g/mol. The number of aryl methyl sites for hydroxylation is 2.